The van der Waals surface area contributed by atoms with Crippen LogP contribution >= 0.6 is 0 Å². The lowest BCUT2D eigenvalue weighted by Gasteiger charge is -2.41. The number of benzene rings is 1. The number of nitrogens with one attached hydrogen (secondary N) is 1. The number of fused-ring (bicyclic) bond motifs is 1. The number of alkyl halides is 3. The van der Waals surface area contributed by atoms with Crippen molar-refractivity contribution in [1.29, 1.82) is 0 Å². The molecular formula is C29H33F5N6O4. The molecular weight excluding hydrogens is 591 g/mol. The fourth-order valence-electron chi connectivity index (χ4n) is 5.10. The largest absolute Gasteiger partial charge is 0.408 e. The minimum atomic E-state index is -4.70. The van der Waals surface area contributed by atoms with Gasteiger partial charge < -0.3 is 20.7 Å². The highest BCUT2D eigenvalue weighted by atomic mass is 19.4. The van der Waals surface area contributed by atoms with Gasteiger partial charge in [0.05, 0.1) is 24.5 Å². The van der Waals surface area contributed by atoms with Crippen LogP contribution in [0.2, 0.25) is 0 Å². The van der Waals surface area contributed by atoms with E-state index < -0.39 is 65.7 Å². The van der Waals surface area contributed by atoms with Crippen LogP contribution in [0.15, 0.2) is 47.7 Å². The number of amides is 3. The van der Waals surface area contributed by atoms with Gasteiger partial charge in [-0.15, -0.1) is 0 Å². The second-order valence-electron chi connectivity index (χ2n) is 11.4. The van der Waals surface area contributed by atoms with Crippen LogP contribution in [-0.2, 0) is 32.1 Å². The number of nitrogens with zero attached hydrogens (tertiary/aromatic N) is 4. The summed E-state index contributed by atoms with van der Waals surface area (Å²) in [6.07, 6.45) is -2.88. The first-order valence-corrected chi connectivity index (χ1v) is 13.9. The number of rotatable bonds is 11. The maximum Gasteiger partial charge on any atom is 0.408 e. The molecule has 44 heavy (non-hydrogen) atoms. The van der Waals surface area contributed by atoms with Crippen molar-refractivity contribution in [2.45, 2.75) is 57.5 Å². The number of halogens is 5. The number of carbonyl (C=O) groups excluding carboxylic acids is 3. The standard InChI is InChI=1S/C29H33F5N6O4/c1-27(2,35)25(42)37-22(15-44-14-18-6-7-19(30)13-21(18)31)24(41)39-12-9-23-28(16-39,10-8-20-5-3-4-11-36-20)26(43)40(38-23)17-29(32,33)34/h3-7,11,13,22H,8-10,12,14-17,35H2,1-2H3,(H,37,42). The van der Waals surface area contributed by atoms with E-state index in [9.17, 15) is 36.3 Å². The molecule has 0 radical (unpaired) electrons. The van der Waals surface area contributed by atoms with Gasteiger partial charge in [0.2, 0.25) is 11.8 Å². The van der Waals surface area contributed by atoms with Gasteiger partial charge in [-0.3, -0.25) is 19.4 Å². The molecule has 2 aliphatic rings. The third kappa shape index (κ3) is 7.75. The van der Waals surface area contributed by atoms with Gasteiger partial charge >= 0.3 is 6.18 Å². The third-order valence-electron chi connectivity index (χ3n) is 7.44. The normalized spacial score (nSPS) is 19.5. The Hall–Kier alpha value is -3.98. The number of aromatic nitrogens is 1. The Morgan fingerprint density at radius 2 is 1.93 bits per heavy atom. The van der Waals surface area contributed by atoms with Crippen molar-refractivity contribution in [2.24, 2.45) is 16.3 Å². The lowest BCUT2D eigenvalue weighted by atomic mass is 9.74. The molecule has 4 rings (SSSR count). The minimum absolute atomic E-state index is 0.00111. The Bertz CT molecular complexity index is 1420. The molecule has 1 saturated heterocycles. The van der Waals surface area contributed by atoms with Crippen molar-refractivity contribution in [3.8, 4) is 0 Å². The average molecular weight is 625 g/mol. The van der Waals surface area contributed by atoms with E-state index in [4.69, 9.17) is 10.5 Å². The maximum absolute atomic E-state index is 14.1. The fourth-order valence-corrected chi connectivity index (χ4v) is 5.10. The molecule has 3 heterocycles. The molecule has 1 aromatic carbocycles. The quantitative estimate of drug-likeness (QED) is 0.370. The van der Waals surface area contributed by atoms with Gasteiger partial charge in [-0.2, -0.15) is 18.3 Å². The molecule has 3 N–H and O–H groups in total. The number of hydrogen-bond acceptors (Lipinski definition) is 7. The molecule has 0 spiro atoms. The van der Waals surface area contributed by atoms with E-state index in [0.29, 0.717) is 16.8 Å². The summed E-state index contributed by atoms with van der Waals surface area (Å²) in [7, 11) is 0. The molecule has 238 valence electrons. The van der Waals surface area contributed by atoms with E-state index in [-0.39, 0.29) is 50.2 Å². The molecule has 2 aromatic rings. The van der Waals surface area contributed by atoms with Gasteiger partial charge in [-0.25, -0.2) is 13.8 Å². The van der Waals surface area contributed by atoms with Gasteiger partial charge in [0.15, 0.2) is 0 Å². The van der Waals surface area contributed by atoms with Gasteiger partial charge in [0.25, 0.3) is 5.91 Å². The summed E-state index contributed by atoms with van der Waals surface area (Å²) in [5.41, 5.74) is 3.81. The topological polar surface area (TPSA) is 130 Å². The lowest BCUT2D eigenvalue weighted by Crippen LogP contribution is -2.61. The van der Waals surface area contributed by atoms with E-state index in [1.807, 2.05) is 0 Å². The highest BCUT2D eigenvalue weighted by Gasteiger charge is 2.56. The smallest absolute Gasteiger partial charge is 0.374 e. The number of aryl methyl sites for hydroxylation is 1. The van der Waals surface area contributed by atoms with Crippen LogP contribution in [0.4, 0.5) is 22.0 Å². The van der Waals surface area contributed by atoms with Gasteiger partial charge in [0, 0.05) is 43.0 Å². The second kappa shape index (κ2) is 12.9. The number of pyridine rings is 1. The Labute approximate surface area is 250 Å². The molecule has 0 bridgehead atoms. The van der Waals surface area contributed by atoms with E-state index in [0.717, 1.165) is 6.07 Å². The predicted molar refractivity (Wildman–Crippen MR) is 148 cm³/mol. The van der Waals surface area contributed by atoms with Gasteiger partial charge in [-0.1, -0.05) is 12.1 Å². The van der Waals surface area contributed by atoms with Crippen LogP contribution in [0.3, 0.4) is 0 Å². The predicted octanol–water partition coefficient (Wildman–Crippen LogP) is 2.71. The molecule has 0 saturated carbocycles. The first kappa shape index (κ1) is 32.9. The van der Waals surface area contributed by atoms with Crippen molar-refractivity contribution >= 4 is 23.4 Å². The van der Waals surface area contributed by atoms with Gasteiger partial charge in [0.1, 0.15) is 29.6 Å². The number of ether oxygens (including phenoxy) is 1. The van der Waals surface area contributed by atoms with E-state index in [1.54, 1.807) is 24.4 Å². The van der Waals surface area contributed by atoms with Crippen molar-refractivity contribution in [2.75, 3.05) is 26.2 Å². The summed E-state index contributed by atoms with van der Waals surface area (Å²) < 4.78 is 72.9. The summed E-state index contributed by atoms with van der Waals surface area (Å²) in [5.74, 6) is -3.91. The highest BCUT2D eigenvalue weighted by Crippen LogP contribution is 2.40. The van der Waals surface area contributed by atoms with Crippen LogP contribution in [0, 0.1) is 17.0 Å². The van der Waals surface area contributed by atoms with Crippen molar-refractivity contribution < 1.29 is 41.1 Å². The number of carbonyl (C=O) groups is 3. The van der Waals surface area contributed by atoms with Crippen molar-refractivity contribution in [3.05, 3.63) is 65.5 Å². The molecule has 1 aromatic heterocycles. The van der Waals surface area contributed by atoms with Crippen molar-refractivity contribution in [3.63, 3.8) is 0 Å². The summed E-state index contributed by atoms with van der Waals surface area (Å²) in [6, 6.07) is 6.71. The zero-order chi connectivity index (χ0) is 32.3. The SMILES string of the molecule is CC(C)(N)C(=O)NC(COCc1ccc(F)cc1F)C(=O)N1CCC2=NN(CC(F)(F)F)C(=O)C2(CCc2ccccn2)C1. The van der Waals surface area contributed by atoms with Crippen LogP contribution in [0.25, 0.3) is 0 Å². The summed E-state index contributed by atoms with van der Waals surface area (Å²) in [6.45, 7) is 0.170. The Kier molecular flexibility index (Phi) is 9.68. The Balaban J connectivity index is 1.57. The molecule has 2 unspecified atom stereocenters. The Morgan fingerprint density at radius 1 is 1.18 bits per heavy atom. The lowest BCUT2D eigenvalue weighted by molar-refractivity contribution is -0.164. The molecule has 0 aliphatic carbocycles. The zero-order valence-electron chi connectivity index (χ0n) is 24.2. The van der Waals surface area contributed by atoms with E-state index >= 15 is 0 Å². The summed E-state index contributed by atoms with van der Waals surface area (Å²) in [4.78, 5) is 45.7. The molecule has 1 fully saturated rings. The fraction of sp³-hybridized carbons (Fsp3) is 0.483. The first-order valence-electron chi connectivity index (χ1n) is 13.9. The highest BCUT2D eigenvalue weighted by molar-refractivity contribution is 6.13. The van der Waals surface area contributed by atoms with Gasteiger partial charge in [-0.05, 0) is 44.9 Å². The number of hydrazone groups is 1. The maximum atomic E-state index is 14.1. The van der Waals surface area contributed by atoms with E-state index in [1.165, 1.54) is 24.8 Å². The molecule has 3 amide bonds. The monoisotopic (exact) mass is 624 g/mol. The van der Waals surface area contributed by atoms with Crippen LogP contribution < -0.4 is 11.1 Å². The van der Waals surface area contributed by atoms with Crippen LogP contribution in [-0.4, -0.2) is 82.3 Å². The summed E-state index contributed by atoms with van der Waals surface area (Å²) >= 11 is 0. The number of piperidine rings is 1. The molecule has 2 aliphatic heterocycles. The number of likely N-dealkylation sites (tertiary alicyclic amines) is 1. The number of nitrogens with two attached hydrogens (primary N) is 1. The molecule has 10 nitrogen and oxygen atoms in total. The van der Waals surface area contributed by atoms with E-state index in [2.05, 4.69) is 15.4 Å². The number of hydrogen-bond donors (Lipinski definition) is 2. The Morgan fingerprint density at radius 3 is 2.57 bits per heavy atom. The zero-order valence-corrected chi connectivity index (χ0v) is 24.2. The van der Waals surface area contributed by atoms with Crippen LogP contribution in [0.5, 0.6) is 0 Å². The van der Waals surface area contributed by atoms with Crippen LogP contribution in [0.1, 0.15) is 37.9 Å². The van der Waals surface area contributed by atoms with Crippen molar-refractivity contribution in [1.82, 2.24) is 20.2 Å². The first-order chi connectivity index (χ1) is 20.6. The molecule has 15 heteroatoms. The second-order valence-corrected chi connectivity index (χ2v) is 11.4. The third-order valence-corrected chi connectivity index (χ3v) is 7.44. The molecule has 2 atom stereocenters. The summed E-state index contributed by atoms with van der Waals surface area (Å²) in [5, 5.41) is 6.95. The minimum Gasteiger partial charge on any atom is -0.374 e. The average Bonchev–Trinajstić information content (AvgIpc) is 3.21.